The molecule has 0 bridgehead atoms. The van der Waals surface area contributed by atoms with Crippen molar-refractivity contribution in [3.05, 3.63) is 51.5 Å². The Labute approximate surface area is 114 Å². The van der Waals surface area contributed by atoms with Gasteiger partial charge in [-0.25, -0.2) is 13.8 Å². The molecule has 1 N–H and O–H groups in total. The molecule has 19 heavy (non-hydrogen) atoms. The Morgan fingerprint density at radius 3 is 2.53 bits per heavy atom. The van der Waals surface area contributed by atoms with E-state index in [0.29, 0.717) is 5.69 Å². The Kier molecular flexibility index (Phi) is 3.69. The second kappa shape index (κ2) is 4.98. The van der Waals surface area contributed by atoms with E-state index < -0.39 is 17.7 Å². The fraction of sp³-hybridized carbons (Fsp3) is 0.357. The van der Waals surface area contributed by atoms with Gasteiger partial charge in [0.15, 0.2) is 11.6 Å². The van der Waals surface area contributed by atoms with E-state index in [9.17, 15) is 13.9 Å². The van der Waals surface area contributed by atoms with E-state index in [0.717, 1.165) is 11.1 Å². The quantitative estimate of drug-likeness (QED) is 0.909. The highest BCUT2D eigenvalue weighted by Gasteiger charge is 2.23. The lowest BCUT2D eigenvalue weighted by Gasteiger charge is -2.14. The first kappa shape index (κ1) is 14.1. The van der Waals surface area contributed by atoms with Gasteiger partial charge in [0.1, 0.15) is 6.10 Å². The number of rotatable bonds is 2. The molecule has 1 aromatic carbocycles. The van der Waals surface area contributed by atoms with Crippen LogP contribution in [0.2, 0.25) is 0 Å². The molecule has 0 saturated carbocycles. The van der Waals surface area contributed by atoms with Crippen LogP contribution in [0.3, 0.4) is 0 Å². The van der Waals surface area contributed by atoms with Crippen LogP contribution in [0, 0.1) is 11.6 Å². The molecule has 0 aliphatic rings. The summed E-state index contributed by atoms with van der Waals surface area (Å²) >= 11 is 1.40. The molecule has 0 radical (unpaired) electrons. The van der Waals surface area contributed by atoms with E-state index in [2.05, 4.69) is 4.98 Å². The summed E-state index contributed by atoms with van der Waals surface area (Å²) in [6, 6.07) is 3.75. The Morgan fingerprint density at radius 1 is 1.26 bits per heavy atom. The maximum Gasteiger partial charge on any atom is 0.165 e. The van der Waals surface area contributed by atoms with Gasteiger partial charge in [0.25, 0.3) is 0 Å². The fourth-order valence-electron chi connectivity index (χ4n) is 1.65. The smallest absolute Gasteiger partial charge is 0.165 e. The number of hydrogen-bond donors (Lipinski definition) is 1. The molecule has 1 aromatic heterocycles. The van der Waals surface area contributed by atoms with Crippen LogP contribution in [0.5, 0.6) is 0 Å². The van der Waals surface area contributed by atoms with Crippen molar-refractivity contribution in [2.45, 2.75) is 32.3 Å². The zero-order valence-electron chi connectivity index (χ0n) is 10.9. The average Bonchev–Trinajstić information content (AvgIpc) is 2.81. The molecule has 0 fully saturated rings. The first-order valence-electron chi connectivity index (χ1n) is 5.88. The summed E-state index contributed by atoms with van der Waals surface area (Å²) in [5.41, 5.74) is 0.119. The lowest BCUT2D eigenvalue weighted by molar-refractivity contribution is 0.209. The van der Waals surface area contributed by atoms with Gasteiger partial charge in [-0.2, -0.15) is 0 Å². The van der Waals surface area contributed by atoms with Crippen molar-refractivity contribution in [1.29, 1.82) is 0 Å². The van der Waals surface area contributed by atoms with Crippen LogP contribution in [0.1, 0.15) is 43.1 Å². The zero-order chi connectivity index (χ0) is 14.2. The molecule has 102 valence electrons. The van der Waals surface area contributed by atoms with Crippen LogP contribution in [0.15, 0.2) is 23.6 Å². The van der Waals surface area contributed by atoms with Gasteiger partial charge in [0.2, 0.25) is 0 Å². The number of aliphatic hydroxyl groups is 1. The molecule has 5 heteroatoms. The van der Waals surface area contributed by atoms with E-state index >= 15 is 0 Å². The van der Waals surface area contributed by atoms with Crippen molar-refractivity contribution in [3.63, 3.8) is 0 Å². The minimum absolute atomic E-state index is 0.0919. The van der Waals surface area contributed by atoms with Crippen LogP contribution in [0.4, 0.5) is 8.78 Å². The van der Waals surface area contributed by atoms with E-state index in [1.807, 2.05) is 20.8 Å². The van der Waals surface area contributed by atoms with Crippen molar-refractivity contribution in [3.8, 4) is 0 Å². The second-order valence-electron chi connectivity index (χ2n) is 5.37. The minimum atomic E-state index is -1.25. The number of aromatic nitrogens is 1. The van der Waals surface area contributed by atoms with Crippen molar-refractivity contribution in [2.75, 3.05) is 0 Å². The van der Waals surface area contributed by atoms with Gasteiger partial charge in [0, 0.05) is 16.4 Å². The number of aliphatic hydroxyl groups excluding tert-OH is 1. The number of halogens is 2. The average molecular weight is 283 g/mol. The molecule has 0 spiro atoms. The molecule has 1 unspecified atom stereocenters. The van der Waals surface area contributed by atoms with Gasteiger partial charge in [0.05, 0.1) is 10.7 Å². The highest BCUT2D eigenvalue weighted by Crippen LogP contribution is 2.31. The van der Waals surface area contributed by atoms with Crippen LogP contribution >= 0.6 is 11.3 Å². The largest absolute Gasteiger partial charge is 0.382 e. The molecule has 0 aliphatic heterocycles. The van der Waals surface area contributed by atoms with E-state index in [-0.39, 0.29) is 11.0 Å². The van der Waals surface area contributed by atoms with E-state index in [1.54, 1.807) is 5.38 Å². The molecule has 2 aromatic rings. The molecular formula is C14H15F2NOS. The monoisotopic (exact) mass is 283 g/mol. The highest BCUT2D eigenvalue weighted by molar-refractivity contribution is 7.09. The molecule has 2 rings (SSSR count). The summed E-state index contributed by atoms with van der Waals surface area (Å²) in [5, 5.41) is 12.6. The third-order valence-electron chi connectivity index (χ3n) is 2.72. The predicted octanol–water partition coefficient (Wildman–Crippen LogP) is 3.80. The molecule has 1 atom stereocenters. The summed E-state index contributed by atoms with van der Waals surface area (Å²) in [5.74, 6) is -2.00. The molecule has 0 aliphatic carbocycles. The summed E-state index contributed by atoms with van der Waals surface area (Å²) in [6.45, 7) is 6.01. The molecule has 2 nitrogen and oxygen atoms in total. The van der Waals surface area contributed by atoms with Crippen molar-refractivity contribution < 1.29 is 13.9 Å². The van der Waals surface area contributed by atoms with Crippen LogP contribution in [0.25, 0.3) is 0 Å². The van der Waals surface area contributed by atoms with Gasteiger partial charge >= 0.3 is 0 Å². The summed E-state index contributed by atoms with van der Waals surface area (Å²) in [7, 11) is 0. The molecular weight excluding hydrogens is 268 g/mol. The SMILES string of the molecule is CC(C)(C)c1nc(C(O)c2cccc(F)c2F)cs1. The number of thiazole rings is 1. The predicted molar refractivity (Wildman–Crippen MR) is 71.2 cm³/mol. The van der Waals surface area contributed by atoms with Crippen LogP contribution < -0.4 is 0 Å². The van der Waals surface area contributed by atoms with Gasteiger partial charge in [-0.1, -0.05) is 32.9 Å². The standard InChI is InChI=1S/C14H15F2NOS/c1-14(2,3)13-17-10(7-19-13)12(18)8-5-4-6-9(15)11(8)16/h4-7,12,18H,1-3H3. The Bertz CT molecular complexity index is 589. The summed E-state index contributed by atoms with van der Waals surface area (Å²) in [4.78, 5) is 4.31. The third kappa shape index (κ3) is 2.82. The maximum atomic E-state index is 13.6. The topological polar surface area (TPSA) is 33.1 Å². The summed E-state index contributed by atoms with van der Waals surface area (Å²) in [6.07, 6.45) is -1.25. The van der Waals surface area contributed by atoms with E-state index in [1.165, 1.54) is 23.5 Å². The van der Waals surface area contributed by atoms with Gasteiger partial charge in [-0.15, -0.1) is 11.3 Å². The van der Waals surface area contributed by atoms with Crippen LogP contribution in [-0.2, 0) is 5.41 Å². The molecule has 0 saturated heterocycles. The fourth-order valence-corrected chi connectivity index (χ4v) is 2.57. The van der Waals surface area contributed by atoms with Gasteiger partial charge in [-0.3, -0.25) is 0 Å². The summed E-state index contributed by atoms with van der Waals surface area (Å²) < 4.78 is 26.8. The van der Waals surface area contributed by atoms with Gasteiger partial charge in [-0.05, 0) is 6.07 Å². The highest BCUT2D eigenvalue weighted by atomic mass is 32.1. The maximum absolute atomic E-state index is 13.6. The van der Waals surface area contributed by atoms with E-state index in [4.69, 9.17) is 0 Å². The molecule has 0 amide bonds. The zero-order valence-corrected chi connectivity index (χ0v) is 11.8. The Morgan fingerprint density at radius 2 is 1.95 bits per heavy atom. The number of benzene rings is 1. The second-order valence-corrected chi connectivity index (χ2v) is 6.23. The Hall–Kier alpha value is -1.33. The number of hydrogen-bond acceptors (Lipinski definition) is 3. The van der Waals surface area contributed by atoms with Gasteiger partial charge < -0.3 is 5.11 Å². The number of nitrogens with zero attached hydrogens (tertiary/aromatic N) is 1. The van der Waals surface area contributed by atoms with Crippen molar-refractivity contribution in [2.24, 2.45) is 0 Å². The first-order valence-corrected chi connectivity index (χ1v) is 6.76. The Balaban J connectivity index is 2.37. The normalized spacial score (nSPS) is 13.6. The first-order chi connectivity index (χ1) is 8.80. The minimum Gasteiger partial charge on any atom is -0.382 e. The third-order valence-corrected chi connectivity index (χ3v) is 4.01. The lowest BCUT2D eigenvalue weighted by Crippen LogP contribution is -2.11. The lowest BCUT2D eigenvalue weighted by atomic mass is 9.98. The van der Waals surface area contributed by atoms with Crippen molar-refractivity contribution in [1.82, 2.24) is 4.98 Å². The molecule has 1 heterocycles. The van der Waals surface area contributed by atoms with Crippen molar-refractivity contribution >= 4 is 11.3 Å². The van der Waals surface area contributed by atoms with Crippen LogP contribution in [-0.4, -0.2) is 10.1 Å².